The van der Waals surface area contributed by atoms with Crippen molar-refractivity contribution in [1.82, 2.24) is 5.32 Å². The van der Waals surface area contributed by atoms with Gasteiger partial charge in [-0.25, -0.2) is 0 Å². The number of carboxylic acid groups (broad SMARTS) is 1. The molecule has 0 aliphatic heterocycles. The molecule has 0 saturated heterocycles. The summed E-state index contributed by atoms with van der Waals surface area (Å²) in [6.45, 7) is 1.74. The lowest BCUT2D eigenvalue weighted by Gasteiger charge is -2.26. The Morgan fingerprint density at radius 2 is 2.05 bits per heavy atom. The van der Waals surface area contributed by atoms with Crippen molar-refractivity contribution in [1.29, 1.82) is 0 Å². The Balaban J connectivity index is 1.98. The zero-order valence-corrected chi connectivity index (χ0v) is 12.2. The molecule has 0 aromatic heterocycles. The van der Waals surface area contributed by atoms with Crippen molar-refractivity contribution in [2.75, 3.05) is 6.54 Å². The number of carboxylic acids is 1. The zero-order chi connectivity index (χ0) is 15.3. The van der Waals surface area contributed by atoms with Gasteiger partial charge in [-0.2, -0.15) is 0 Å². The highest BCUT2D eigenvalue weighted by Crippen LogP contribution is 2.24. The van der Waals surface area contributed by atoms with Crippen molar-refractivity contribution in [3.63, 3.8) is 0 Å². The van der Waals surface area contributed by atoms with E-state index in [0.717, 1.165) is 12.8 Å². The fourth-order valence-corrected chi connectivity index (χ4v) is 2.56. The van der Waals surface area contributed by atoms with Gasteiger partial charge in [-0.3, -0.25) is 9.59 Å². The number of carbonyl (C=O) groups is 2. The van der Waals surface area contributed by atoms with Crippen LogP contribution in [0.1, 0.15) is 31.7 Å². The molecule has 0 radical (unpaired) electrons. The molecule has 0 bridgehead atoms. The summed E-state index contributed by atoms with van der Waals surface area (Å²) in [5.74, 6) is -0.734. The summed E-state index contributed by atoms with van der Waals surface area (Å²) in [6.07, 6.45) is 6.61. The number of rotatable bonds is 6. The molecule has 112 valence electrons. The highest BCUT2D eigenvalue weighted by molar-refractivity contribution is 5.83. The molecular weight excluding hydrogens is 266 g/mol. The second-order valence-electron chi connectivity index (χ2n) is 5.75. The number of hydrogen-bond acceptors (Lipinski definition) is 2. The van der Waals surface area contributed by atoms with E-state index >= 15 is 0 Å². The third kappa shape index (κ3) is 3.72. The molecule has 1 aliphatic carbocycles. The van der Waals surface area contributed by atoms with Gasteiger partial charge < -0.3 is 10.4 Å². The molecule has 0 spiro atoms. The fraction of sp³-hybridized carbons (Fsp3) is 0.412. The van der Waals surface area contributed by atoms with E-state index in [1.54, 1.807) is 19.1 Å². The smallest absolute Gasteiger partial charge is 0.315 e. The summed E-state index contributed by atoms with van der Waals surface area (Å²) >= 11 is 0. The Bertz CT molecular complexity index is 538. The first kappa shape index (κ1) is 15.3. The van der Waals surface area contributed by atoms with Crippen molar-refractivity contribution < 1.29 is 14.7 Å². The van der Waals surface area contributed by atoms with Crippen LogP contribution >= 0.6 is 0 Å². The Morgan fingerprint density at radius 3 is 2.62 bits per heavy atom. The lowest BCUT2D eigenvalue weighted by atomic mass is 9.82. The molecule has 21 heavy (non-hydrogen) atoms. The minimum absolute atomic E-state index is 0.0880. The number of benzene rings is 1. The predicted molar refractivity (Wildman–Crippen MR) is 80.9 cm³/mol. The van der Waals surface area contributed by atoms with Gasteiger partial charge in [0.1, 0.15) is 5.41 Å². The van der Waals surface area contributed by atoms with Crippen LogP contribution in [0.15, 0.2) is 42.5 Å². The molecule has 0 fully saturated rings. The normalized spacial score (nSPS) is 20.0. The summed E-state index contributed by atoms with van der Waals surface area (Å²) < 4.78 is 0. The van der Waals surface area contributed by atoms with Crippen molar-refractivity contribution in [3.8, 4) is 0 Å². The van der Waals surface area contributed by atoms with E-state index in [2.05, 4.69) is 17.5 Å². The van der Waals surface area contributed by atoms with Crippen molar-refractivity contribution in [2.24, 2.45) is 5.92 Å². The largest absolute Gasteiger partial charge is 0.481 e. The third-order valence-electron chi connectivity index (χ3n) is 4.08. The number of hydrogen-bond donors (Lipinski definition) is 2. The number of carbonyl (C=O) groups excluding carboxylic acids is 1. The number of nitrogens with one attached hydrogen (secondary N) is 1. The Kier molecular flexibility index (Phi) is 4.78. The van der Waals surface area contributed by atoms with Crippen LogP contribution in [0.5, 0.6) is 0 Å². The molecular formula is C17H21NO3. The van der Waals surface area contributed by atoms with Gasteiger partial charge in [-0.15, -0.1) is 0 Å². The maximum atomic E-state index is 12.0. The SMILES string of the molecule is CC(CNC(=O)CC1C=CCC1)(C(=O)O)c1ccccc1. The van der Waals surface area contributed by atoms with Gasteiger partial charge in [0.15, 0.2) is 0 Å². The van der Waals surface area contributed by atoms with E-state index < -0.39 is 11.4 Å². The van der Waals surface area contributed by atoms with Gasteiger partial charge in [-0.05, 0) is 31.2 Å². The first-order valence-corrected chi connectivity index (χ1v) is 7.24. The monoisotopic (exact) mass is 287 g/mol. The van der Waals surface area contributed by atoms with E-state index in [-0.39, 0.29) is 18.4 Å². The summed E-state index contributed by atoms with van der Waals surface area (Å²) in [7, 11) is 0. The van der Waals surface area contributed by atoms with Crippen LogP contribution in [0.4, 0.5) is 0 Å². The third-order valence-corrected chi connectivity index (χ3v) is 4.08. The van der Waals surface area contributed by atoms with Crippen molar-refractivity contribution in [3.05, 3.63) is 48.0 Å². The van der Waals surface area contributed by atoms with Crippen LogP contribution in [-0.4, -0.2) is 23.5 Å². The Morgan fingerprint density at radius 1 is 1.33 bits per heavy atom. The van der Waals surface area contributed by atoms with Gasteiger partial charge >= 0.3 is 5.97 Å². The summed E-state index contributed by atoms with van der Waals surface area (Å²) in [6, 6.07) is 9.01. The maximum absolute atomic E-state index is 12.0. The van der Waals surface area contributed by atoms with E-state index in [0.29, 0.717) is 12.0 Å². The lowest BCUT2D eigenvalue weighted by molar-refractivity contribution is -0.143. The van der Waals surface area contributed by atoms with Crippen LogP contribution < -0.4 is 5.32 Å². The van der Waals surface area contributed by atoms with Crippen LogP contribution in [0.25, 0.3) is 0 Å². The molecule has 1 amide bonds. The van der Waals surface area contributed by atoms with E-state index in [1.165, 1.54) is 0 Å². The van der Waals surface area contributed by atoms with Crippen LogP contribution in [0, 0.1) is 5.92 Å². The van der Waals surface area contributed by atoms with E-state index in [4.69, 9.17) is 0 Å². The second kappa shape index (κ2) is 6.57. The molecule has 2 N–H and O–H groups in total. The van der Waals surface area contributed by atoms with E-state index in [1.807, 2.05) is 18.2 Å². The average Bonchev–Trinajstić information content (AvgIpc) is 2.98. The highest BCUT2D eigenvalue weighted by Gasteiger charge is 2.35. The summed E-state index contributed by atoms with van der Waals surface area (Å²) in [5, 5.41) is 12.3. The zero-order valence-electron chi connectivity index (χ0n) is 12.2. The van der Waals surface area contributed by atoms with E-state index in [9.17, 15) is 14.7 Å². The quantitative estimate of drug-likeness (QED) is 0.790. The highest BCUT2D eigenvalue weighted by atomic mass is 16.4. The minimum atomic E-state index is -1.11. The van der Waals surface area contributed by atoms with Gasteiger partial charge in [0.2, 0.25) is 5.91 Å². The van der Waals surface area contributed by atoms with Crippen molar-refractivity contribution in [2.45, 2.75) is 31.6 Å². The van der Waals surface area contributed by atoms with Gasteiger partial charge in [0, 0.05) is 13.0 Å². The first-order valence-electron chi connectivity index (χ1n) is 7.24. The average molecular weight is 287 g/mol. The van der Waals surface area contributed by atoms with Gasteiger partial charge in [0.25, 0.3) is 0 Å². The molecule has 1 aromatic rings. The summed E-state index contributed by atoms with van der Waals surface area (Å²) in [4.78, 5) is 23.6. The number of aliphatic carboxylic acids is 1. The minimum Gasteiger partial charge on any atom is -0.481 e. The number of amides is 1. The predicted octanol–water partition coefficient (Wildman–Crippen LogP) is 2.50. The second-order valence-corrected chi connectivity index (χ2v) is 5.75. The standard InChI is InChI=1S/C17H21NO3/c1-17(16(20)21,14-9-3-2-4-10-14)12-18-15(19)11-13-7-5-6-8-13/h2-5,7,9-10,13H,6,8,11-12H2,1H3,(H,18,19)(H,20,21). The molecule has 1 aromatic carbocycles. The number of allylic oxidation sites excluding steroid dienone is 2. The molecule has 1 aliphatic rings. The molecule has 4 nitrogen and oxygen atoms in total. The molecule has 0 heterocycles. The molecule has 2 unspecified atom stereocenters. The summed E-state index contributed by atoms with van der Waals surface area (Å²) in [5.41, 5.74) is -0.416. The Hall–Kier alpha value is -2.10. The van der Waals surface area contributed by atoms with Crippen LogP contribution in [0.2, 0.25) is 0 Å². The Labute approximate surface area is 124 Å². The molecule has 4 heteroatoms. The van der Waals surface area contributed by atoms with Gasteiger partial charge in [0.05, 0.1) is 0 Å². The van der Waals surface area contributed by atoms with Crippen LogP contribution in [0.3, 0.4) is 0 Å². The van der Waals surface area contributed by atoms with Crippen LogP contribution in [-0.2, 0) is 15.0 Å². The topological polar surface area (TPSA) is 66.4 Å². The molecule has 2 atom stereocenters. The lowest BCUT2D eigenvalue weighted by Crippen LogP contribution is -2.44. The van der Waals surface area contributed by atoms with Gasteiger partial charge in [-0.1, -0.05) is 42.5 Å². The maximum Gasteiger partial charge on any atom is 0.315 e. The molecule has 0 saturated carbocycles. The van der Waals surface area contributed by atoms with Crippen molar-refractivity contribution >= 4 is 11.9 Å². The fourth-order valence-electron chi connectivity index (χ4n) is 2.56. The first-order chi connectivity index (χ1) is 10.0. The molecule has 2 rings (SSSR count).